The first-order valence-corrected chi connectivity index (χ1v) is 12.2. The number of carbonyl (C=O) groups excluding carboxylic acids is 1. The van der Waals surface area contributed by atoms with Gasteiger partial charge in [-0.1, -0.05) is 6.92 Å². The van der Waals surface area contributed by atoms with Gasteiger partial charge in [0.1, 0.15) is 6.61 Å². The van der Waals surface area contributed by atoms with E-state index in [1.807, 2.05) is 12.1 Å². The molecular formula is C26H25N3O6. The normalized spacial score (nSPS) is 22.1. The maximum absolute atomic E-state index is 13.6. The smallest absolute Gasteiger partial charge is 0.343 e. The molecule has 1 fully saturated rings. The number of nitrogens with zero attached hydrogens (tertiary/aromatic N) is 3. The van der Waals surface area contributed by atoms with Crippen LogP contribution in [-0.4, -0.2) is 40.5 Å². The third kappa shape index (κ3) is 2.75. The number of cyclic esters (lactones) is 1. The molecule has 3 aromatic rings. The lowest BCUT2D eigenvalue weighted by Gasteiger charge is -2.31. The summed E-state index contributed by atoms with van der Waals surface area (Å²) in [6.07, 6.45) is 3.52. The van der Waals surface area contributed by atoms with E-state index < -0.39 is 11.6 Å². The molecular weight excluding hydrogens is 450 g/mol. The van der Waals surface area contributed by atoms with Crippen LogP contribution in [0.2, 0.25) is 0 Å². The summed E-state index contributed by atoms with van der Waals surface area (Å²) in [5.74, 6) is 0.631. The second kappa shape index (κ2) is 7.21. The van der Waals surface area contributed by atoms with Gasteiger partial charge in [-0.05, 0) is 37.8 Å². The van der Waals surface area contributed by atoms with Crippen LogP contribution in [0.1, 0.15) is 49.3 Å². The number of benzene rings is 1. The molecule has 0 saturated carbocycles. The summed E-state index contributed by atoms with van der Waals surface area (Å²) in [6.45, 7) is 3.98. The van der Waals surface area contributed by atoms with E-state index in [1.165, 1.54) is 6.42 Å². The van der Waals surface area contributed by atoms with Crippen molar-refractivity contribution < 1.29 is 24.1 Å². The van der Waals surface area contributed by atoms with Crippen molar-refractivity contribution in [1.29, 1.82) is 0 Å². The van der Waals surface area contributed by atoms with Crippen molar-refractivity contribution in [2.75, 3.05) is 24.8 Å². The van der Waals surface area contributed by atoms with Crippen LogP contribution in [0.3, 0.4) is 0 Å². The van der Waals surface area contributed by atoms with Crippen molar-refractivity contribution in [3.8, 4) is 22.9 Å². The number of aromatic nitrogens is 2. The van der Waals surface area contributed by atoms with Crippen molar-refractivity contribution >= 4 is 22.6 Å². The Bertz CT molecular complexity index is 1490. The van der Waals surface area contributed by atoms with Gasteiger partial charge < -0.3 is 28.8 Å². The second-order valence-corrected chi connectivity index (χ2v) is 9.66. The lowest BCUT2D eigenvalue weighted by molar-refractivity contribution is -0.172. The lowest BCUT2D eigenvalue weighted by Crippen LogP contribution is -2.44. The third-order valence-corrected chi connectivity index (χ3v) is 7.82. The van der Waals surface area contributed by atoms with Crippen molar-refractivity contribution in [2.24, 2.45) is 0 Å². The van der Waals surface area contributed by atoms with Crippen LogP contribution in [0.5, 0.6) is 11.5 Å². The van der Waals surface area contributed by atoms with E-state index in [9.17, 15) is 14.7 Å². The maximum Gasteiger partial charge on any atom is 0.343 e. The van der Waals surface area contributed by atoms with Gasteiger partial charge in [0.25, 0.3) is 5.56 Å². The SMILES string of the molecule is CC[C@@]1(O)C(=O)OCc2c1cc1n(c2=O)Cc2c-1nc1cc3c(cc1c2N1CCCCC1)OCO3. The number of rotatable bonds is 2. The number of piperidine rings is 1. The number of pyridine rings is 2. The van der Waals surface area contributed by atoms with E-state index >= 15 is 0 Å². The average molecular weight is 476 g/mol. The van der Waals surface area contributed by atoms with Gasteiger partial charge in [-0.15, -0.1) is 0 Å². The number of ether oxygens (including phenoxy) is 3. The first-order chi connectivity index (χ1) is 17.0. The molecule has 0 unspecified atom stereocenters. The molecule has 9 heteroatoms. The summed E-state index contributed by atoms with van der Waals surface area (Å²) in [5.41, 5.74) is 2.69. The van der Waals surface area contributed by atoms with Gasteiger partial charge in [0.2, 0.25) is 6.79 Å². The summed E-state index contributed by atoms with van der Waals surface area (Å²) in [7, 11) is 0. The van der Waals surface area contributed by atoms with Crippen LogP contribution in [0, 0.1) is 0 Å². The third-order valence-electron chi connectivity index (χ3n) is 7.82. The largest absolute Gasteiger partial charge is 0.458 e. The molecule has 0 aliphatic carbocycles. The molecule has 1 atom stereocenters. The Morgan fingerprint density at radius 3 is 2.57 bits per heavy atom. The lowest BCUT2D eigenvalue weighted by atomic mass is 9.86. The van der Waals surface area contributed by atoms with Crippen LogP contribution in [-0.2, 0) is 28.3 Å². The molecule has 4 aliphatic rings. The molecule has 6 heterocycles. The Hall–Kier alpha value is -3.59. The predicted molar refractivity (Wildman–Crippen MR) is 127 cm³/mol. The first kappa shape index (κ1) is 20.8. The molecule has 9 nitrogen and oxygen atoms in total. The Morgan fingerprint density at radius 1 is 1.03 bits per heavy atom. The quantitative estimate of drug-likeness (QED) is 0.442. The number of hydrogen-bond acceptors (Lipinski definition) is 8. The standard InChI is InChI=1S/C26H25N3O6/c1-2-26(32)17-9-19-22-15(11-29(19)24(30)16(17)12-33-25(26)31)23(28-6-4-3-5-7-28)14-8-20-21(35-13-34-20)10-18(14)27-22/h8-10,32H,2-7,11-13H2,1H3/t26-/m0/s1. The minimum absolute atomic E-state index is 0.113. The zero-order valence-corrected chi connectivity index (χ0v) is 19.4. The first-order valence-electron chi connectivity index (χ1n) is 12.2. The summed E-state index contributed by atoms with van der Waals surface area (Å²) in [6, 6.07) is 5.65. The van der Waals surface area contributed by atoms with Gasteiger partial charge in [0.05, 0.1) is 34.7 Å². The van der Waals surface area contributed by atoms with Crippen LogP contribution < -0.4 is 19.9 Å². The highest BCUT2D eigenvalue weighted by atomic mass is 16.7. The van der Waals surface area contributed by atoms with Gasteiger partial charge in [0, 0.05) is 35.7 Å². The number of anilines is 1. The maximum atomic E-state index is 13.6. The van der Waals surface area contributed by atoms with E-state index in [1.54, 1.807) is 17.6 Å². The molecule has 1 N–H and O–H groups in total. The van der Waals surface area contributed by atoms with E-state index in [0.717, 1.165) is 48.1 Å². The van der Waals surface area contributed by atoms with Gasteiger partial charge in [0.15, 0.2) is 17.1 Å². The van der Waals surface area contributed by atoms with Gasteiger partial charge >= 0.3 is 5.97 Å². The molecule has 2 aromatic heterocycles. The summed E-state index contributed by atoms with van der Waals surface area (Å²) >= 11 is 0. The van der Waals surface area contributed by atoms with Crippen molar-refractivity contribution in [3.63, 3.8) is 0 Å². The molecule has 0 bridgehead atoms. The zero-order chi connectivity index (χ0) is 23.9. The Morgan fingerprint density at radius 2 is 1.80 bits per heavy atom. The van der Waals surface area contributed by atoms with E-state index in [-0.39, 0.29) is 25.4 Å². The van der Waals surface area contributed by atoms with E-state index in [4.69, 9.17) is 19.2 Å². The monoisotopic (exact) mass is 475 g/mol. The predicted octanol–water partition coefficient (Wildman–Crippen LogP) is 2.80. The van der Waals surface area contributed by atoms with Crippen LogP contribution in [0.4, 0.5) is 5.69 Å². The van der Waals surface area contributed by atoms with E-state index in [0.29, 0.717) is 40.6 Å². The molecule has 35 heavy (non-hydrogen) atoms. The summed E-state index contributed by atoms with van der Waals surface area (Å²) in [4.78, 5) is 33.5. The molecule has 1 saturated heterocycles. The highest BCUT2D eigenvalue weighted by molar-refractivity contribution is 5.99. The van der Waals surface area contributed by atoms with Crippen LogP contribution >= 0.6 is 0 Å². The fourth-order valence-corrected chi connectivity index (χ4v) is 5.93. The molecule has 0 amide bonds. The van der Waals surface area contributed by atoms with Crippen LogP contribution in [0.25, 0.3) is 22.3 Å². The van der Waals surface area contributed by atoms with Gasteiger partial charge in [-0.2, -0.15) is 0 Å². The minimum Gasteiger partial charge on any atom is -0.458 e. The zero-order valence-electron chi connectivity index (χ0n) is 19.4. The molecule has 1 aromatic carbocycles. The topological polar surface area (TPSA) is 103 Å². The number of fused-ring (bicyclic) bond motifs is 6. The Balaban J connectivity index is 1.51. The average Bonchev–Trinajstić information content (AvgIpc) is 3.48. The fourth-order valence-electron chi connectivity index (χ4n) is 5.93. The fraction of sp³-hybridized carbons (Fsp3) is 0.423. The van der Waals surface area contributed by atoms with Crippen molar-refractivity contribution in [3.05, 3.63) is 45.2 Å². The number of hydrogen-bond donors (Lipinski definition) is 1. The van der Waals surface area contributed by atoms with Crippen molar-refractivity contribution in [1.82, 2.24) is 9.55 Å². The summed E-state index contributed by atoms with van der Waals surface area (Å²) in [5, 5.41) is 12.1. The molecule has 7 rings (SSSR count). The highest BCUT2D eigenvalue weighted by Gasteiger charge is 2.45. The number of esters is 1. The minimum atomic E-state index is -1.84. The van der Waals surface area contributed by atoms with Crippen molar-refractivity contribution in [2.45, 2.75) is 51.4 Å². The molecule has 0 spiro atoms. The van der Waals surface area contributed by atoms with Gasteiger partial charge in [-0.25, -0.2) is 9.78 Å². The van der Waals surface area contributed by atoms with Crippen LogP contribution in [0.15, 0.2) is 23.0 Å². The van der Waals surface area contributed by atoms with Gasteiger partial charge in [-0.3, -0.25) is 4.79 Å². The molecule has 0 radical (unpaired) electrons. The number of aliphatic hydroxyl groups is 1. The molecule has 4 aliphatic heterocycles. The van der Waals surface area contributed by atoms with E-state index in [2.05, 4.69) is 4.90 Å². The molecule has 180 valence electrons. The highest BCUT2D eigenvalue weighted by Crippen LogP contribution is 2.46. The summed E-state index contributed by atoms with van der Waals surface area (Å²) < 4.78 is 18.2. The second-order valence-electron chi connectivity index (χ2n) is 9.66. The Kier molecular flexibility index (Phi) is 4.27. The number of carbonyl (C=O) groups is 1. The Labute approximate surface area is 200 Å².